The van der Waals surface area contributed by atoms with Crippen molar-refractivity contribution in [3.05, 3.63) is 54.6 Å². The molecule has 1 unspecified atom stereocenters. The predicted molar refractivity (Wildman–Crippen MR) is 126 cm³/mol. The zero-order chi connectivity index (χ0) is 23.7. The summed E-state index contributed by atoms with van der Waals surface area (Å²) in [5.74, 6) is 2.79. The normalized spacial score (nSPS) is 18.5. The van der Waals surface area contributed by atoms with Crippen LogP contribution in [0.25, 0.3) is 5.82 Å². The summed E-state index contributed by atoms with van der Waals surface area (Å²) in [5.41, 5.74) is 0.791. The van der Waals surface area contributed by atoms with Crippen LogP contribution in [0.3, 0.4) is 0 Å². The fraction of sp³-hybridized carbons (Fsp3) is 0.375. The minimum atomic E-state index is -0.321. The fourth-order valence-electron chi connectivity index (χ4n) is 4.53. The Morgan fingerprint density at radius 1 is 1.00 bits per heavy atom. The number of methoxy groups -OCH3 is 1. The Bertz CT molecular complexity index is 1170. The van der Waals surface area contributed by atoms with Crippen LogP contribution in [0.4, 0.5) is 11.5 Å². The third kappa shape index (κ3) is 4.18. The molecule has 3 aromatic rings. The van der Waals surface area contributed by atoms with Gasteiger partial charge in [0.25, 0.3) is 0 Å². The van der Waals surface area contributed by atoms with E-state index < -0.39 is 0 Å². The fourth-order valence-corrected chi connectivity index (χ4v) is 4.53. The van der Waals surface area contributed by atoms with Crippen LogP contribution < -0.4 is 14.5 Å². The molecule has 2 amide bonds. The second-order valence-electron chi connectivity index (χ2n) is 8.51. The summed E-state index contributed by atoms with van der Waals surface area (Å²) in [4.78, 5) is 35.6. The summed E-state index contributed by atoms with van der Waals surface area (Å²) < 4.78 is 7.07. The van der Waals surface area contributed by atoms with E-state index in [-0.39, 0.29) is 24.2 Å². The van der Waals surface area contributed by atoms with Gasteiger partial charge in [-0.25, -0.2) is 4.98 Å². The van der Waals surface area contributed by atoms with Crippen LogP contribution in [0.15, 0.2) is 48.8 Å². The van der Waals surface area contributed by atoms with E-state index in [9.17, 15) is 9.59 Å². The molecule has 0 N–H and O–H groups in total. The molecule has 0 saturated carbocycles. The quantitative estimate of drug-likeness (QED) is 0.570. The number of ether oxygens (including phenoxy) is 1. The van der Waals surface area contributed by atoms with E-state index in [0.29, 0.717) is 32.7 Å². The number of hydrogen-bond donors (Lipinski definition) is 0. The van der Waals surface area contributed by atoms with Gasteiger partial charge in [-0.05, 0) is 43.3 Å². The number of hydrogen-bond acceptors (Lipinski definition) is 7. The second kappa shape index (κ2) is 9.12. The lowest BCUT2D eigenvalue weighted by molar-refractivity contribution is -0.136. The number of anilines is 2. The van der Waals surface area contributed by atoms with E-state index in [0.717, 1.165) is 28.9 Å². The van der Waals surface area contributed by atoms with Gasteiger partial charge in [0.1, 0.15) is 11.6 Å². The lowest BCUT2D eigenvalue weighted by Crippen LogP contribution is -2.51. The SMILES string of the molecule is COc1ccc(N2CC(C(=O)N3CCN(c4ccc(-n5ccnc5C)nn4)CC3)CC2=O)cc1. The van der Waals surface area contributed by atoms with Gasteiger partial charge in [-0.2, -0.15) is 0 Å². The van der Waals surface area contributed by atoms with Crippen molar-refractivity contribution >= 4 is 23.3 Å². The number of aromatic nitrogens is 4. The molecule has 2 aliphatic rings. The average Bonchev–Trinajstić information content (AvgIpc) is 3.49. The number of aryl methyl sites for hydroxylation is 1. The van der Waals surface area contributed by atoms with Crippen LogP contribution in [0.1, 0.15) is 12.2 Å². The van der Waals surface area contributed by atoms with E-state index in [4.69, 9.17) is 4.74 Å². The minimum Gasteiger partial charge on any atom is -0.497 e. The third-order valence-electron chi connectivity index (χ3n) is 6.48. The highest BCUT2D eigenvalue weighted by Crippen LogP contribution is 2.28. The third-order valence-corrected chi connectivity index (χ3v) is 6.48. The summed E-state index contributed by atoms with van der Waals surface area (Å²) in [6, 6.07) is 11.2. The zero-order valence-corrected chi connectivity index (χ0v) is 19.3. The van der Waals surface area contributed by atoms with Crippen LogP contribution in [0.5, 0.6) is 5.75 Å². The van der Waals surface area contributed by atoms with Crippen molar-refractivity contribution in [1.82, 2.24) is 24.6 Å². The minimum absolute atomic E-state index is 0.0226. The molecular weight excluding hydrogens is 434 g/mol. The van der Waals surface area contributed by atoms with Crippen molar-refractivity contribution in [3.63, 3.8) is 0 Å². The molecule has 10 nitrogen and oxygen atoms in total. The summed E-state index contributed by atoms with van der Waals surface area (Å²) in [6.45, 7) is 4.86. The van der Waals surface area contributed by atoms with Crippen molar-refractivity contribution in [2.45, 2.75) is 13.3 Å². The number of piperazine rings is 1. The number of carbonyl (C=O) groups is 2. The van der Waals surface area contributed by atoms with E-state index >= 15 is 0 Å². The van der Waals surface area contributed by atoms with Crippen molar-refractivity contribution in [2.24, 2.45) is 5.92 Å². The van der Waals surface area contributed by atoms with Gasteiger partial charge >= 0.3 is 0 Å². The Morgan fingerprint density at radius 2 is 1.71 bits per heavy atom. The maximum Gasteiger partial charge on any atom is 0.228 e. The van der Waals surface area contributed by atoms with Crippen LogP contribution >= 0.6 is 0 Å². The Kier molecular flexibility index (Phi) is 5.87. The zero-order valence-electron chi connectivity index (χ0n) is 19.3. The first-order chi connectivity index (χ1) is 16.5. The topological polar surface area (TPSA) is 96.7 Å². The standard InChI is InChI=1S/C24H27N7O3/c1-17-25-9-10-30(17)22-8-7-21(26-27-22)28-11-13-29(14-12-28)24(33)18-15-23(32)31(16-18)19-3-5-20(34-2)6-4-19/h3-10,18H,11-16H2,1-2H3. The molecule has 5 rings (SSSR count). The molecule has 10 heteroatoms. The van der Waals surface area contributed by atoms with Gasteiger partial charge in [0, 0.05) is 57.2 Å². The Hall–Kier alpha value is -3.95. The van der Waals surface area contributed by atoms with Crippen molar-refractivity contribution < 1.29 is 14.3 Å². The van der Waals surface area contributed by atoms with Crippen LogP contribution in [-0.4, -0.2) is 76.3 Å². The van der Waals surface area contributed by atoms with E-state index in [1.54, 1.807) is 18.2 Å². The molecule has 0 radical (unpaired) electrons. The van der Waals surface area contributed by atoms with Gasteiger partial charge < -0.3 is 19.4 Å². The van der Waals surface area contributed by atoms with Crippen LogP contribution in [0, 0.1) is 12.8 Å². The number of amides is 2. The number of nitrogens with zero attached hydrogens (tertiary/aromatic N) is 7. The average molecular weight is 462 g/mol. The number of imidazole rings is 1. The molecule has 0 aliphatic carbocycles. The largest absolute Gasteiger partial charge is 0.497 e. The lowest BCUT2D eigenvalue weighted by Gasteiger charge is -2.36. The van der Waals surface area contributed by atoms with Crippen LogP contribution in [-0.2, 0) is 9.59 Å². The number of benzene rings is 1. The van der Waals surface area contributed by atoms with Gasteiger partial charge in [0.05, 0.1) is 13.0 Å². The molecule has 34 heavy (non-hydrogen) atoms. The predicted octanol–water partition coefficient (Wildman–Crippen LogP) is 1.68. The van der Waals surface area contributed by atoms with Crippen molar-refractivity contribution in [1.29, 1.82) is 0 Å². The molecule has 2 saturated heterocycles. The van der Waals surface area contributed by atoms with E-state index in [1.165, 1.54) is 0 Å². The molecule has 0 spiro atoms. The van der Waals surface area contributed by atoms with Crippen molar-refractivity contribution in [3.8, 4) is 11.6 Å². The molecule has 0 bridgehead atoms. The molecule has 2 aromatic heterocycles. The van der Waals surface area contributed by atoms with E-state index in [2.05, 4.69) is 20.1 Å². The second-order valence-corrected chi connectivity index (χ2v) is 8.51. The summed E-state index contributed by atoms with van der Waals surface area (Å²) in [5, 5.41) is 8.71. The molecule has 2 fully saturated rings. The Labute approximate surface area is 197 Å². The van der Waals surface area contributed by atoms with Gasteiger partial charge in [0.15, 0.2) is 11.6 Å². The molecule has 1 atom stereocenters. The summed E-state index contributed by atoms with van der Waals surface area (Å²) in [6.07, 6.45) is 3.83. The van der Waals surface area contributed by atoms with Gasteiger partial charge in [-0.1, -0.05) is 0 Å². The summed E-state index contributed by atoms with van der Waals surface area (Å²) in [7, 11) is 1.61. The highest BCUT2D eigenvalue weighted by molar-refractivity contribution is 6.00. The molecule has 2 aliphatic heterocycles. The first-order valence-corrected chi connectivity index (χ1v) is 11.4. The first-order valence-electron chi connectivity index (χ1n) is 11.4. The molecule has 4 heterocycles. The Balaban J connectivity index is 1.17. The smallest absolute Gasteiger partial charge is 0.228 e. The van der Waals surface area contributed by atoms with Crippen LogP contribution in [0.2, 0.25) is 0 Å². The Morgan fingerprint density at radius 3 is 2.32 bits per heavy atom. The lowest BCUT2D eigenvalue weighted by atomic mass is 10.1. The van der Waals surface area contributed by atoms with Gasteiger partial charge in [0.2, 0.25) is 11.8 Å². The molecule has 176 valence electrons. The number of carbonyl (C=O) groups excluding carboxylic acids is 2. The maximum absolute atomic E-state index is 13.1. The first kappa shape index (κ1) is 21.9. The molecule has 1 aromatic carbocycles. The van der Waals surface area contributed by atoms with Gasteiger partial charge in [-0.15, -0.1) is 10.2 Å². The highest BCUT2D eigenvalue weighted by atomic mass is 16.5. The molecular formula is C24H27N7O3. The van der Waals surface area contributed by atoms with Crippen molar-refractivity contribution in [2.75, 3.05) is 49.6 Å². The monoisotopic (exact) mass is 461 g/mol. The highest BCUT2D eigenvalue weighted by Gasteiger charge is 2.38. The maximum atomic E-state index is 13.1. The van der Waals surface area contributed by atoms with E-state index in [1.807, 2.05) is 59.0 Å². The number of rotatable bonds is 5. The summed E-state index contributed by atoms with van der Waals surface area (Å²) >= 11 is 0. The van der Waals surface area contributed by atoms with Gasteiger partial charge in [-0.3, -0.25) is 14.2 Å².